The highest BCUT2D eigenvalue weighted by Gasteiger charge is 2.73. The molecule has 0 saturated heterocycles. The molecule has 2 aliphatic rings. The number of nitrogens with one attached hydrogen (secondary N) is 2. The van der Waals surface area contributed by atoms with Gasteiger partial charge in [-0.05, 0) is 25.7 Å². The predicted octanol–water partition coefficient (Wildman–Crippen LogP) is 2.70. The number of alkyl halides is 3. The van der Waals surface area contributed by atoms with Crippen molar-refractivity contribution in [3.8, 4) is 0 Å². The molecule has 1 heterocycles. The topological polar surface area (TPSA) is 96.1 Å². The number of thiocarbonyl (C=S) groups is 1. The summed E-state index contributed by atoms with van der Waals surface area (Å²) in [7, 11) is 0. The summed E-state index contributed by atoms with van der Waals surface area (Å²) in [6, 6.07) is 0. The van der Waals surface area contributed by atoms with Crippen LogP contribution in [-0.4, -0.2) is 44.4 Å². The van der Waals surface area contributed by atoms with E-state index in [1.165, 1.54) is 0 Å². The zero-order chi connectivity index (χ0) is 19.5. The molecule has 11 heteroatoms. The Morgan fingerprint density at radius 1 is 1.42 bits per heavy atom. The van der Waals surface area contributed by atoms with Crippen molar-refractivity contribution < 1.29 is 18.3 Å². The summed E-state index contributed by atoms with van der Waals surface area (Å²) in [5.74, 6) is 0.0496. The molecule has 6 nitrogen and oxygen atoms in total. The molecule has 2 fully saturated rings. The fourth-order valence-corrected chi connectivity index (χ4v) is 4.46. The maximum absolute atomic E-state index is 12.5. The lowest BCUT2D eigenvalue weighted by molar-refractivity contribution is -0.115. The van der Waals surface area contributed by atoms with Gasteiger partial charge in [-0.2, -0.15) is 18.2 Å². The van der Waals surface area contributed by atoms with Crippen molar-refractivity contribution in [3.05, 3.63) is 10.7 Å². The Hall–Kier alpha value is -1.39. The summed E-state index contributed by atoms with van der Waals surface area (Å²) in [5, 5.41) is 15.4. The standard InChI is InChI=1S/C15H19ClF3N5OS/c1-13(4-3-6-8(25)14(6,13)2)24-11-7(10(20)26)9(16)22-12(23-11)21-5-15(17,18)19/h6,8,25H,3-5H2,1-2H3,(H2,20,26)(H2,21,22,23,24). The van der Waals surface area contributed by atoms with Crippen LogP contribution in [0.4, 0.5) is 24.9 Å². The maximum atomic E-state index is 12.5. The summed E-state index contributed by atoms with van der Waals surface area (Å²) in [6.07, 6.45) is -3.28. The van der Waals surface area contributed by atoms with E-state index in [9.17, 15) is 18.3 Å². The largest absolute Gasteiger partial charge is 0.405 e. The number of aliphatic hydroxyl groups excluding tert-OH is 1. The number of rotatable bonds is 5. The second-order valence-electron chi connectivity index (χ2n) is 7.22. The van der Waals surface area contributed by atoms with Gasteiger partial charge in [-0.3, -0.25) is 0 Å². The van der Waals surface area contributed by atoms with E-state index in [1.807, 2.05) is 13.8 Å². The van der Waals surface area contributed by atoms with Crippen molar-refractivity contribution in [1.82, 2.24) is 9.97 Å². The van der Waals surface area contributed by atoms with Gasteiger partial charge < -0.3 is 21.5 Å². The first-order valence-corrected chi connectivity index (χ1v) is 8.82. The summed E-state index contributed by atoms with van der Waals surface area (Å²) in [6.45, 7) is 2.60. The minimum atomic E-state index is -4.43. The van der Waals surface area contributed by atoms with Crippen molar-refractivity contribution in [1.29, 1.82) is 0 Å². The van der Waals surface area contributed by atoms with Crippen LogP contribution in [-0.2, 0) is 0 Å². The number of hydrogen-bond acceptors (Lipinski definition) is 6. The molecule has 4 unspecified atom stereocenters. The van der Waals surface area contributed by atoms with E-state index in [2.05, 4.69) is 20.6 Å². The molecule has 2 saturated carbocycles. The molecule has 1 aromatic rings. The molecule has 2 aliphatic carbocycles. The van der Waals surface area contributed by atoms with Crippen molar-refractivity contribution in [2.24, 2.45) is 17.1 Å². The lowest BCUT2D eigenvalue weighted by Crippen LogP contribution is -2.43. The Kier molecular flexibility index (Phi) is 4.52. The van der Waals surface area contributed by atoms with Gasteiger partial charge in [0.15, 0.2) is 0 Å². The average molecular weight is 410 g/mol. The van der Waals surface area contributed by atoms with Crippen LogP contribution in [0.2, 0.25) is 5.15 Å². The highest BCUT2D eigenvalue weighted by atomic mass is 35.5. The third-order valence-electron chi connectivity index (χ3n) is 5.75. The molecule has 0 radical (unpaired) electrons. The zero-order valence-electron chi connectivity index (χ0n) is 14.1. The van der Waals surface area contributed by atoms with E-state index in [4.69, 9.17) is 29.6 Å². The van der Waals surface area contributed by atoms with Crippen LogP contribution in [0, 0.1) is 11.3 Å². The number of nitrogens with zero attached hydrogens (tertiary/aromatic N) is 2. The maximum Gasteiger partial charge on any atom is 0.405 e. The Morgan fingerprint density at radius 2 is 2.08 bits per heavy atom. The number of aliphatic hydroxyl groups is 1. The molecule has 0 aliphatic heterocycles. The molecule has 3 rings (SSSR count). The number of aromatic nitrogens is 2. The van der Waals surface area contributed by atoms with E-state index < -0.39 is 24.4 Å². The molecular formula is C15H19ClF3N5OS. The van der Waals surface area contributed by atoms with Crippen molar-refractivity contribution in [2.75, 3.05) is 17.2 Å². The van der Waals surface area contributed by atoms with Gasteiger partial charge >= 0.3 is 6.18 Å². The van der Waals surface area contributed by atoms with E-state index in [1.54, 1.807) is 0 Å². The van der Waals surface area contributed by atoms with Crippen LogP contribution >= 0.6 is 23.8 Å². The number of nitrogens with two attached hydrogens (primary N) is 1. The van der Waals surface area contributed by atoms with Crippen molar-refractivity contribution in [2.45, 2.75) is 44.5 Å². The molecule has 4 atom stereocenters. The summed E-state index contributed by atoms with van der Waals surface area (Å²) >= 11 is 11.1. The van der Waals surface area contributed by atoms with Crippen LogP contribution < -0.4 is 16.4 Å². The normalized spacial score (nSPS) is 32.9. The Bertz CT molecular complexity index is 764. The van der Waals surface area contributed by atoms with Gasteiger partial charge in [-0.15, -0.1) is 0 Å². The van der Waals surface area contributed by atoms with Gasteiger partial charge in [0.2, 0.25) is 5.95 Å². The average Bonchev–Trinajstić information content (AvgIpc) is 2.92. The third-order valence-corrected chi connectivity index (χ3v) is 6.23. The van der Waals surface area contributed by atoms with E-state index in [0.717, 1.165) is 12.8 Å². The molecular weight excluding hydrogens is 391 g/mol. The molecule has 26 heavy (non-hydrogen) atoms. The lowest BCUT2D eigenvalue weighted by atomic mass is 9.84. The van der Waals surface area contributed by atoms with Crippen LogP contribution in [0.5, 0.6) is 0 Å². The second kappa shape index (κ2) is 6.07. The first kappa shape index (κ1) is 19.4. The fraction of sp³-hybridized carbons (Fsp3) is 0.667. The monoisotopic (exact) mass is 409 g/mol. The number of hydrogen-bond donors (Lipinski definition) is 4. The predicted molar refractivity (Wildman–Crippen MR) is 96.3 cm³/mol. The Balaban J connectivity index is 1.94. The molecule has 0 aromatic carbocycles. The minimum absolute atomic E-state index is 0.0699. The van der Waals surface area contributed by atoms with Crippen molar-refractivity contribution in [3.63, 3.8) is 0 Å². The third kappa shape index (κ3) is 3.07. The van der Waals surface area contributed by atoms with E-state index in [0.29, 0.717) is 0 Å². The van der Waals surface area contributed by atoms with Crippen LogP contribution in [0.3, 0.4) is 0 Å². The van der Waals surface area contributed by atoms with Gasteiger partial charge in [-0.1, -0.05) is 30.7 Å². The molecule has 144 valence electrons. The summed E-state index contributed by atoms with van der Waals surface area (Å²) in [5.41, 5.74) is 4.98. The second-order valence-corrected chi connectivity index (χ2v) is 8.02. The first-order valence-electron chi connectivity index (χ1n) is 8.03. The number of anilines is 2. The number of fused-ring (bicyclic) bond motifs is 1. The van der Waals surface area contributed by atoms with E-state index >= 15 is 0 Å². The first-order chi connectivity index (χ1) is 11.9. The molecule has 0 bridgehead atoms. The van der Waals surface area contributed by atoms with Gasteiger partial charge in [0, 0.05) is 11.0 Å². The number of halogens is 4. The zero-order valence-corrected chi connectivity index (χ0v) is 15.7. The van der Waals surface area contributed by atoms with Crippen molar-refractivity contribution >= 4 is 40.6 Å². The fourth-order valence-electron chi connectivity index (χ4n) is 3.94. The van der Waals surface area contributed by atoms with Crippen LogP contribution in [0.1, 0.15) is 32.3 Å². The smallest absolute Gasteiger partial charge is 0.392 e. The Morgan fingerprint density at radius 3 is 2.58 bits per heavy atom. The Labute approximate surface area is 158 Å². The summed E-state index contributed by atoms with van der Waals surface area (Å²) in [4.78, 5) is 7.84. The molecule has 5 N–H and O–H groups in total. The SMILES string of the molecule is CC1(Nc2nc(NCC(F)(F)F)nc(Cl)c2C(N)=S)CCC2C(O)C21C. The molecule has 1 aromatic heterocycles. The van der Waals surface area contributed by atoms with Gasteiger partial charge in [0.1, 0.15) is 22.5 Å². The van der Waals surface area contributed by atoms with Crippen LogP contribution in [0.15, 0.2) is 0 Å². The van der Waals surface area contributed by atoms with Gasteiger partial charge in [0.25, 0.3) is 0 Å². The van der Waals surface area contributed by atoms with E-state index in [-0.39, 0.29) is 38.8 Å². The van der Waals surface area contributed by atoms with Gasteiger partial charge in [-0.25, -0.2) is 4.98 Å². The highest BCUT2D eigenvalue weighted by Crippen LogP contribution is 2.68. The summed E-state index contributed by atoms with van der Waals surface area (Å²) < 4.78 is 37.4. The molecule has 0 amide bonds. The highest BCUT2D eigenvalue weighted by molar-refractivity contribution is 7.80. The quantitative estimate of drug-likeness (QED) is 0.438. The molecule has 0 spiro atoms. The van der Waals surface area contributed by atoms with Gasteiger partial charge in [0.05, 0.1) is 11.7 Å². The lowest BCUT2D eigenvalue weighted by Gasteiger charge is -2.35. The minimum Gasteiger partial charge on any atom is -0.392 e. The van der Waals surface area contributed by atoms with Crippen LogP contribution in [0.25, 0.3) is 0 Å².